The Bertz CT molecular complexity index is 504. The summed E-state index contributed by atoms with van der Waals surface area (Å²) in [5.74, 6) is 3.82. The smallest absolute Gasteiger partial charge is 0.0169 e. The van der Waals surface area contributed by atoms with Crippen molar-refractivity contribution in [3.63, 3.8) is 0 Å². The van der Waals surface area contributed by atoms with Gasteiger partial charge in [0.25, 0.3) is 0 Å². The molecule has 0 nitrogen and oxygen atoms in total. The van der Waals surface area contributed by atoms with Gasteiger partial charge in [0, 0.05) is 0 Å². The topological polar surface area (TPSA) is 0 Å². The Balaban J connectivity index is 0.00000126. The third-order valence-corrected chi connectivity index (χ3v) is 7.18. The van der Waals surface area contributed by atoms with Crippen LogP contribution in [0.2, 0.25) is 0 Å². The van der Waals surface area contributed by atoms with Gasteiger partial charge in [-0.2, -0.15) is 0 Å². The summed E-state index contributed by atoms with van der Waals surface area (Å²) < 4.78 is 0. The van der Waals surface area contributed by atoms with Crippen LogP contribution in [0.1, 0.15) is 111 Å². The Kier molecular flexibility index (Phi) is 9.94. The van der Waals surface area contributed by atoms with E-state index in [1.54, 1.807) is 11.1 Å². The van der Waals surface area contributed by atoms with E-state index in [1.165, 1.54) is 89.0 Å². The highest BCUT2D eigenvalue weighted by Gasteiger charge is 2.38. The Hall–Kier alpha value is -0.780. The standard InChI is InChI=1S/C25H40.C2H6/c1-19(2)9-4-6-12-22-17-18-25-23(13-8-14-24(22)25)16-15-21-11-7-5-10-20(21)3;1-2/h15-16,19,22,24-25H,3-14,17-18H2,1-2H3;1-2H3/b21-15-,23-16+;. The molecular weight excluding hydrogens is 324 g/mol. The molecule has 3 fully saturated rings. The quantitative estimate of drug-likeness (QED) is 0.409. The maximum absolute atomic E-state index is 4.29. The van der Waals surface area contributed by atoms with Crippen molar-refractivity contribution in [3.05, 3.63) is 35.5 Å². The van der Waals surface area contributed by atoms with Gasteiger partial charge in [-0.3, -0.25) is 0 Å². The lowest BCUT2D eigenvalue weighted by atomic mass is 9.73. The molecule has 3 aliphatic carbocycles. The van der Waals surface area contributed by atoms with Crippen LogP contribution in [-0.4, -0.2) is 0 Å². The van der Waals surface area contributed by atoms with Gasteiger partial charge in [-0.05, 0) is 87.0 Å². The van der Waals surface area contributed by atoms with Crippen molar-refractivity contribution in [3.8, 4) is 0 Å². The van der Waals surface area contributed by atoms with Crippen LogP contribution in [0.5, 0.6) is 0 Å². The summed E-state index contributed by atoms with van der Waals surface area (Å²) in [6, 6.07) is 0. The molecule has 0 radical (unpaired) electrons. The SMILES string of the molecule is C=C1CCCC/C1=C/C=C1\CCCC2C(CCCCC(C)C)CCC12.CC. The lowest BCUT2D eigenvalue weighted by molar-refractivity contribution is 0.261. The van der Waals surface area contributed by atoms with E-state index < -0.39 is 0 Å². The van der Waals surface area contributed by atoms with Gasteiger partial charge in [0.15, 0.2) is 0 Å². The number of rotatable bonds is 6. The molecule has 0 saturated heterocycles. The minimum absolute atomic E-state index is 0.878. The molecule has 0 heterocycles. The van der Waals surface area contributed by atoms with E-state index in [1.807, 2.05) is 13.8 Å². The van der Waals surface area contributed by atoms with E-state index in [9.17, 15) is 0 Å². The van der Waals surface area contributed by atoms with Gasteiger partial charge < -0.3 is 0 Å². The Morgan fingerprint density at radius 3 is 2.44 bits per heavy atom. The van der Waals surface area contributed by atoms with E-state index in [4.69, 9.17) is 0 Å². The predicted octanol–water partition coefficient (Wildman–Crippen LogP) is 9.04. The van der Waals surface area contributed by atoms with Gasteiger partial charge in [-0.15, -0.1) is 0 Å². The van der Waals surface area contributed by atoms with E-state index in [0.717, 1.165) is 23.7 Å². The molecule has 0 aromatic carbocycles. The highest BCUT2D eigenvalue weighted by molar-refractivity contribution is 5.35. The highest BCUT2D eigenvalue weighted by Crippen LogP contribution is 2.50. The van der Waals surface area contributed by atoms with Gasteiger partial charge in [0.2, 0.25) is 0 Å². The molecule has 154 valence electrons. The van der Waals surface area contributed by atoms with Crippen molar-refractivity contribution >= 4 is 0 Å². The second-order valence-corrected chi connectivity index (χ2v) is 9.42. The van der Waals surface area contributed by atoms with Gasteiger partial charge in [0.05, 0.1) is 0 Å². The predicted molar refractivity (Wildman–Crippen MR) is 122 cm³/mol. The number of hydrogen-bond acceptors (Lipinski definition) is 0. The lowest BCUT2D eigenvalue weighted by Crippen LogP contribution is -2.21. The van der Waals surface area contributed by atoms with Crippen LogP contribution in [0, 0.1) is 23.7 Å². The summed E-state index contributed by atoms with van der Waals surface area (Å²) in [6.07, 6.45) is 23.3. The van der Waals surface area contributed by atoms with Gasteiger partial charge in [-0.25, -0.2) is 0 Å². The molecule has 0 spiro atoms. The van der Waals surface area contributed by atoms with E-state index in [2.05, 4.69) is 32.6 Å². The lowest BCUT2D eigenvalue weighted by Gasteiger charge is -2.32. The van der Waals surface area contributed by atoms with Gasteiger partial charge in [0.1, 0.15) is 0 Å². The summed E-state index contributed by atoms with van der Waals surface area (Å²) in [5.41, 5.74) is 4.74. The molecule has 3 aliphatic rings. The zero-order chi connectivity index (χ0) is 19.6. The second-order valence-electron chi connectivity index (χ2n) is 9.42. The van der Waals surface area contributed by atoms with Crippen molar-refractivity contribution in [2.24, 2.45) is 23.7 Å². The van der Waals surface area contributed by atoms with Crippen molar-refractivity contribution in [2.75, 3.05) is 0 Å². The molecular formula is C27H46. The molecule has 3 saturated carbocycles. The van der Waals surface area contributed by atoms with Gasteiger partial charge >= 0.3 is 0 Å². The minimum Gasteiger partial charge on any atom is -0.0956 e. The first-order valence-corrected chi connectivity index (χ1v) is 12.2. The molecule has 3 atom stereocenters. The molecule has 3 unspecified atom stereocenters. The minimum atomic E-state index is 0.878. The second kappa shape index (κ2) is 11.9. The average Bonchev–Trinajstić information content (AvgIpc) is 3.10. The number of hydrogen-bond donors (Lipinski definition) is 0. The molecule has 27 heavy (non-hydrogen) atoms. The van der Waals surface area contributed by atoms with Gasteiger partial charge in [-0.1, -0.05) is 83.3 Å². The largest absolute Gasteiger partial charge is 0.0956 e. The first-order chi connectivity index (χ1) is 13.1. The summed E-state index contributed by atoms with van der Waals surface area (Å²) in [7, 11) is 0. The fourth-order valence-electron chi connectivity index (χ4n) is 5.70. The molecule has 0 bridgehead atoms. The normalized spacial score (nSPS) is 31.1. The molecule has 0 amide bonds. The molecule has 0 aliphatic heterocycles. The summed E-state index contributed by atoms with van der Waals surface area (Å²) >= 11 is 0. The van der Waals surface area contributed by atoms with Crippen LogP contribution < -0.4 is 0 Å². The average molecular weight is 371 g/mol. The van der Waals surface area contributed by atoms with Crippen molar-refractivity contribution in [1.82, 2.24) is 0 Å². The molecule has 0 heteroatoms. The van der Waals surface area contributed by atoms with Crippen molar-refractivity contribution in [1.29, 1.82) is 0 Å². The van der Waals surface area contributed by atoms with Crippen LogP contribution >= 0.6 is 0 Å². The third-order valence-electron chi connectivity index (χ3n) is 7.18. The third kappa shape index (κ3) is 6.65. The maximum atomic E-state index is 4.29. The Morgan fingerprint density at radius 1 is 0.926 bits per heavy atom. The van der Waals surface area contributed by atoms with Crippen LogP contribution in [0.25, 0.3) is 0 Å². The summed E-state index contributed by atoms with van der Waals surface area (Å²) in [5, 5.41) is 0. The van der Waals surface area contributed by atoms with Crippen LogP contribution in [0.15, 0.2) is 35.5 Å². The fraction of sp³-hybridized carbons (Fsp3) is 0.778. The van der Waals surface area contributed by atoms with Crippen LogP contribution in [0.3, 0.4) is 0 Å². The molecule has 0 N–H and O–H groups in total. The number of fused-ring (bicyclic) bond motifs is 1. The first kappa shape index (κ1) is 22.5. The molecule has 3 rings (SSSR count). The van der Waals surface area contributed by atoms with Crippen LogP contribution in [0.4, 0.5) is 0 Å². The highest BCUT2D eigenvalue weighted by atomic mass is 14.4. The maximum Gasteiger partial charge on any atom is -0.0169 e. The number of allylic oxidation sites excluding steroid dienone is 5. The Labute approximate surface area is 170 Å². The Morgan fingerprint density at radius 2 is 1.70 bits per heavy atom. The van der Waals surface area contributed by atoms with E-state index >= 15 is 0 Å². The monoisotopic (exact) mass is 370 g/mol. The van der Waals surface area contributed by atoms with Crippen molar-refractivity contribution in [2.45, 2.75) is 111 Å². The summed E-state index contributed by atoms with van der Waals surface area (Å²) in [4.78, 5) is 0. The molecule has 0 aromatic heterocycles. The number of unbranched alkanes of at least 4 members (excludes halogenated alkanes) is 1. The fourth-order valence-corrected chi connectivity index (χ4v) is 5.70. The van der Waals surface area contributed by atoms with Crippen LogP contribution in [-0.2, 0) is 0 Å². The zero-order valence-electron chi connectivity index (χ0n) is 18.9. The van der Waals surface area contributed by atoms with E-state index in [-0.39, 0.29) is 0 Å². The first-order valence-electron chi connectivity index (χ1n) is 12.2. The zero-order valence-corrected chi connectivity index (χ0v) is 18.9. The van der Waals surface area contributed by atoms with E-state index in [0.29, 0.717) is 0 Å². The molecule has 0 aromatic rings. The summed E-state index contributed by atoms with van der Waals surface area (Å²) in [6.45, 7) is 13.0. The van der Waals surface area contributed by atoms with Crippen molar-refractivity contribution < 1.29 is 0 Å².